The summed E-state index contributed by atoms with van der Waals surface area (Å²) < 4.78 is 16.0. The molecule has 6 heterocycles. The highest BCUT2D eigenvalue weighted by Crippen LogP contribution is 2.36. The van der Waals surface area contributed by atoms with Crippen molar-refractivity contribution in [1.82, 2.24) is 34.1 Å². The lowest BCUT2D eigenvalue weighted by atomic mass is 10.0. The predicted molar refractivity (Wildman–Crippen MR) is 146 cm³/mol. The molecule has 0 spiro atoms. The van der Waals surface area contributed by atoms with Crippen molar-refractivity contribution in [3.63, 3.8) is 0 Å². The highest BCUT2D eigenvalue weighted by molar-refractivity contribution is 6.76. The van der Waals surface area contributed by atoms with Crippen molar-refractivity contribution < 1.29 is 9.47 Å². The van der Waals surface area contributed by atoms with Crippen molar-refractivity contribution in [1.29, 1.82) is 5.26 Å². The number of hydrogen-bond acceptors (Lipinski definition) is 9. The second kappa shape index (κ2) is 9.11. The number of rotatable bonds is 7. The van der Waals surface area contributed by atoms with Gasteiger partial charge in [0.2, 0.25) is 0 Å². The molecule has 0 atom stereocenters. The molecular formula is C26H33N9O2Si. The molecule has 0 bridgehead atoms. The smallest absolute Gasteiger partial charge is 0.166 e. The van der Waals surface area contributed by atoms with Gasteiger partial charge in [0.1, 0.15) is 23.7 Å². The van der Waals surface area contributed by atoms with Crippen LogP contribution in [0.25, 0.3) is 33.7 Å². The van der Waals surface area contributed by atoms with Crippen LogP contribution in [0.5, 0.6) is 0 Å². The average Bonchev–Trinajstić information content (AvgIpc) is 3.42. The summed E-state index contributed by atoms with van der Waals surface area (Å²) >= 11 is 0. The molecule has 4 aromatic heterocycles. The van der Waals surface area contributed by atoms with Gasteiger partial charge in [0, 0.05) is 46.1 Å². The number of nitriles is 1. The zero-order chi connectivity index (χ0) is 26.7. The molecule has 38 heavy (non-hydrogen) atoms. The summed E-state index contributed by atoms with van der Waals surface area (Å²) in [5.74, 6) is 2.14. The van der Waals surface area contributed by atoms with Gasteiger partial charge in [-0.25, -0.2) is 24.9 Å². The highest BCUT2D eigenvalue weighted by atomic mass is 28.3. The minimum atomic E-state index is -1.14. The van der Waals surface area contributed by atoms with E-state index in [1.54, 1.807) is 12.5 Å². The van der Waals surface area contributed by atoms with Crippen LogP contribution >= 0.6 is 0 Å². The summed E-state index contributed by atoms with van der Waals surface area (Å²) in [5, 5.41) is 9.33. The van der Waals surface area contributed by atoms with Crippen molar-refractivity contribution in [2.24, 2.45) is 5.92 Å². The molecule has 0 saturated carbocycles. The van der Waals surface area contributed by atoms with Gasteiger partial charge >= 0.3 is 0 Å². The fraction of sp³-hybridized carbons (Fsp3) is 0.538. The Morgan fingerprint density at radius 3 is 2.74 bits per heavy atom. The quantitative estimate of drug-likeness (QED) is 0.259. The van der Waals surface area contributed by atoms with Crippen molar-refractivity contribution in [2.45, 2.75) is 58.4 Å². The molecule has 6 rings (SSSR count). The van der Waals surface area contributed by atoms with E-state index in [1.165, 1.54) is 0 Å². The molecule has 0 aromatic carbocycles. The summed E-state index contributed by atoms with van der Waals surface area (Å²) in [6.07, 6.45) is 3.56. The molecule has 198 valence electrons. The summed E-state index contributed by atoms with van der Waals surface area (Å²) in [4.78, 5) is 26.2. The molecule has 0 N–H and O–H groups in total. The molecule has 1 saturated heterocycles. The third-order valence-corrected chi connectivity index (χ3v) is 8.90. The SMILES string of the molecule is CC1(C)OCCn2c1nc1c(N3CC(C#N)C3)nc(-c3cnc4c(c3)ncn4COCC[Si](C)(C)C)nc12. The van der Waals surface area contributed by atoms with Gasteiger partial charge in [0.25, 0.3) is 0 Å². The van der Waals surface area contributed by atoms with Crippen LogP contribution in [0.3, 0.4) is 0 Å². The Morgan fingerprint density at radius 2 is 1.97 bits per heavy atom. The normalized spacial score (nSPS) is 17.5. The molecule has 0 aliphatic carbocycles. The monoisotopic (exact) mass is 531 g/mol. The van der Waals surface area contributed by atoms with E-state index < -0.39 is 13.7 Å². The van der Waals surface area contributed by atoms with Crippen LogP contribution in [0, 0.1) is 17.2 Å². The second-order valence-corrected chi connectivity index (χ2v) is 17.5. The van der Waals surface area contributed by atoms with Gasteiger partial charge in [0.15, 0.2) is 28.5 Å². The third kappa shape index (κ3) is 4.44. The average molecular weight is 532 g/mol. The molecule has 2 aliphatic rings. The number of imidazole rings is 2. The first kappa shape index (κ1) is 24.9. The Kier molecular flexibility index (Phi) is 5.97. The predicted octanol–water partition coefficient (Wildman–Crippen LogP) is 3.78. The third-order valence-electron chi connectivity index (χ3n) is 7.20. The number of hydrogen-bond donors (Lipinski definition) is 0. The maximum absolute atomic E-state index is 9.33. The minimum absolute atomic E-state index is 0.00424. The fourth-order valence-corrected chi connectivity index (χ4v) is 5.66. The molecule has 4 aromatic rings. The lowest BCUT2D eigenvalue weighted by Gasteiger charge is -2.36. The number of nitrogens with zero attached hydrogens (tertiary/aromatic N) is 9. The Hall–Kier alpha value is -3.40. The minimum Gasteiger partial charge on any atom is -0.366 e. The Labute approximate surface area is 222 Å². The van der Waals surface area contributed by atoms with Crippen LogP contribution < -0.4 is 4.90 Å². The highest BCUT2D eigenvalue weighted by Gasteiger charge is 2.36. The van der Waals surface area contributed by atoms with Gasteiger partial charge in [0.05, 0.1) is 24.9 Å². The lowest BCUT2D eigenvalue weighted by molar-refractivity contribution is -0.0530. The fourth-order valence-electron chi connectivity index (χ4n) is 4.90. The van der Waals surface area contributed by atoms with E-state index in [1.807, 2.05) is 24.5 Å². The summed E-state index contributed by atoms with van der Waals surface area (Å²) in [6, 6.07) is 5.44. The Morgan fingerprint density at radius 1 is 1.16 bits per heavy atom. The second-order valence-electron chi connectivity index (χ2n) is 11.8. The van der Waals surface area contributed by atoms with Gasteiger partial charge < -0.3 is 18.9 Å². The van der Waals surface area contributed by atoms with E-state index in [-0.39, 0.29) is 5.92 Å². The number of fused-ring (bicyclic) bond motifs is 4. The molecule has 11 nitrogen and oxygen atoms in total. The number of aromatic nitrogens is 7. The molecule has 12 heteroatoms. The van der Waals surface area contributed by atoms with Crippen LogP contribution in [0.15, 0.2) is 18.6 Å². The van der Waals surface area contributed by atoms with E-state index in [9.17, 15) is 5.26 Å². The first-order valence-corrected chi connectivity index (χ1v) is 16.8. The largest absolute Gasteiger partial charge is 0.366 e. The summed E-state index contributed by atoms with van der Waals surface area (Å²) in [7, 11) is -1.14. The topological polar surface area (TPSA) is 120 Å². The number of anilines is 1. The summed E-state index contributed by atoms with van der Waals surface area (Å²) in [6.45, 7) is 14.8. The zero-order valence-electron chi connectivity index (χ0n) is 22.6. The van der Waals surface area contributed by atoms with Crippen LogP contribution in [0.1, 0.15) is 19.7 Å². The van der Waals surface area contributed by atoms with Crippen molar-refractivity contribution in [3.8, 4) is 17.5 Å². The van der Waals surface area contributed by atoms with E-state index >= 15 is 0 Å². The summed E-state index contributed by atoms with van der Waals surface area (Å²) in [5.41, 5.74) is 3.31. The molecule has 2 aliphatic heterocycles. The van der Waals surface area contributed by atoms with Gasteiger partial charge in [-0.05, 0) is 26.0 Å². The van der Waals surface area contributed by atoms with Gasteiger partial charge in [-0.3, -0.25) is 4.57 Å². The van der Waals surface area contributed by atoms with E-state index in [2.05, 4.69) is 40.2 Å². The van der Waals surface area contributed by atoms with Crippen LogP contribution in [-0.4, -0.2) is 68.4 Å². The first-order valence-electron chi connectivity index (χ1n) is 13.1. The molecule has 0 unspecified atom stereocenters. The molecule has 0 amide bonds. The molecule has 0 radical (unpaired) electrons. The number of pyridine rings is 1. The van der Waals surface area contributed by atoms with Gasteiger partial charge in [-0.15, -0.1) is 0 Å². The maximum Gasteiger partial charge on any atom is 0.166 e. The van der Waals surface area contributed by atoms with Crippen LogP contribution in [-0.2, 0) is 28.4 Å². The van der Waals surface area contributed by atoms with E-state index in [4.69, 9.17) is 29.4 Å². The molecule has 1 fully saturated rings. The van der Waals surface area contributed by atoms with Gasteiger partial charge in [-0.1, -0.05) is 19.6 Å². The zero-order valence-corrected chi connectivity index (χ0v) is 23.6. The van der Waals surface area contributed by atoms with E-state index in [0.717, 1.165) is 52.2 Å². The standard InChI is InChI=1S/C26H33N9O2Si/c1-26(2)25-30-20-23(33-13-17(11-27)14-33)31-21(32-24(20)35(25)6-7-37-26)18-10-19-22(28-12-18)34(15-29-19)16-36-8-9-38(3,4)5/h10,12,15,17H,6-9,13-14,16H2,1-5H3. The van der Waals surface area contributed by atoms with Gasteiger partial charge in [-0.2, -0.15) is 5.26 Å². The Bertz CT molecular complexity index is 1560. The number of ether oxygens (including phenoxy) is 2. The van der Waals surface area contributed by atoms with Crippen LogP contribution in [0.4, 0.5) is 5.82 Å². The van der Waals surface area contributed by atoms with Crippen molar-refractivity contribution in [3.05, 3.63) is 24.4 Å². The maximum atomic E-state index is 9.33. The van der Waals surface area contributed by atoms with Crippen LogP contribution in [0.2, 0.25) is 25.7 Å². The molecular weight excluding hydrogens is 498 g/mol. The first-order chi connectivity index (χ1) is 18.1. The lowest BCUT2D eigenvalue weighted by Crippen LogP contribution is -2.46. The van der Waals surface area contributed by atoms with E-state index in [0.29, 0.717) is 38.8 Å². The van der Waals surface area contributed by atoms with Crippen molar-refractivity contribution in [2.75, 3.05) is 31.2 Å². The Balaban J connectivity index is 1.36. The van der Waals surface area contributed by atoms with Crippen molar-refractivity contribution >= 4 is 36.2 Å².